The highest BCUT2D eigenvalue weighted by molar-refractivity contribution is 5.80. The lowest BCUT2D eigenvalue weighted by Gasteiger charge is -2.13. The normalized spacial score (nSPS) is 11.8. The van der Waals surface area contributed by atoms with E-state index in [0.29, 0.717) is 78.3 Å². The highest BCUT2D eigenvalue weighted by atomic mass is 16.5. The van der Waals surface area contributed by atoms with Crippen molar-refractivity contribution in [2.24, 2.45) is 0 Å². The second-order valence-corrected chi connectivity index (χ2v) is 6.47. The van der Waals surface area contributed by atoms with Gasteiger partial charge in [0.05, 0.1) is 58.9 Å². The highest BCUT2D eigenvalue weighted by Gasteiger charge is 2.11. The number of carbonyl (C=O) groups is 3. The van der Waals surface area contributed by atoms with Crippen LogP contribution in [-0.2, 0) is 42.8 Å². The van der Waals surface area contributed by atoms with Crippen molar-refractivity contribution >= 4 is 18.1 Å². The van der Waals surface area contributed by atoms with E-state index >= 15 is 0 Å². The molecule has 1 atom stereocenters. The molecule has 0 heterocycles. The molecule has 2 N–H and O–H groups in total. The van der Waals surface area contributed by atoms with Gasteiger partial charge in [-0.1, -0.05) is 0 Å². The van der Waals surface area contributed by atoms with Crippen molar-refractivity contribution in [1.82, 2.24) is 10.6 Å². The number of hydrogen-bond acceptors (Lipinski definition) is 9. The summed E-state index contributed by atoms with van der Waals surface area (Å²) >= 11 is 0. The van der Waals surface area contributed by atoms with Crippen molar-refractivity contribution in [2.75, 3.05) is 86.8 Å². The van der Waals surface area contributed by atoms with E-state index in [-0.39, 0.29) is 31.6 Å². The number of unbranched alkanes of at least 4 members (excludes halogenated alkanes) is 1. The first-order valence-electron chi connectivity index (χ1n) is 10.4. The van der Waals surface area contributed by atoms with E-state index in [1.54, 1.807) is 14.2 Å². The molecule has 0 aliphatic heterocycles. The fraction of sp³-hybridized carbons (Fsp3) is 0.850. The third-order valence-electron chi connectivity index (χ3n) is 3.85. The Hall–Kier alpha value is -1.63. The quantitative estimate of drug-likeness (QED) is 0.153. The van der Waals surface area contributed by atoms with Gasteiger partial charge in [-0.3, -0.25) is 9.59 Å². The molecule has 0 unspecified atom stereocenters. The minimum absolute atomic E-state index is 0.0297. The molecular weight excluding hydrogens is 412 g/mol. The second-order valence-electron chi connectivity index (χ2n) is 6.47. The fourth-order valence-corrected chi connectivity index (χ4v) is 2.24. The predicted octanol–water partition coefficient (Wildman–Crippen LogP) is -0.684. The van der Waals surface area contributed by atoms with Crippen LogP contribution in [0.4, 0.5) is 0 Å². The molecule has 0 saturated heterocycles. The van der Waals surface area contributed by atoms with Gasteiger partial charge in [-0.15, -0.1) is 0 Å². The van der Waals surface area contributed by atoms with Crippen LogP contribution in [0.15, 0.2) is 0 Å². The molecule has 0 saturated carbocycles. The van der Waals surface area contributed by atoms with Gasteiger partial charge in [-0.05, 0) is 19.3 Å². The van der Waals surface area contributed by atoms with Crippen LogP contribution in [0.2, 0.25) is 0 Å². The summed E-state index contributed by atoms with van der Waals surface area (Å²) in [5, 5.41) is 5.35. The maximum Gasteiger partial charge on any atom is 0.246 e. The molecule has 0 radical (unpaired) electrons. The molecular formula is C20H38N2O9. The van der Waals surface area contributed by atoms with E-state index in [1.807, 2.05) is 0 Å². The van der Waals surface area contributed by atoms with Crippen LogP contribution in [0.25, 0.3) is 0 Å². The number of aldehydes is 1. The summed E-state index contributed by atoms with van der Waals surface area (Å²) in [5.74, 6) is -0.564. The number of amides is 2. The molecule has 0 fully saturated rings. The molecule has 0 aromatic heterocycles. The van der Waals surface area contributed by atoms with Crippen LogP contribution in [0.3, 0.4) is 0 Å². The van der Waals surface area contributed by atoms with Crippen LogP contribution < -0.4 is 10.6 Å². The molecule has 11 nitrogen and oxygen atoms in total. The lowest BCUT2D eigenvalue weighted by atomic mass is 10.1. The second kappa shape index (κ2) is 23.0. The zero-order valence-electron chi connectivity index (χ0n) is 18.7. The Morgan fingerprint density at radius 2 is 1.26 bits per heavy atom. The van der Waals surface area contributed by atoms with Gasteiger partial charge in [0, 0.05) is 20.8 Å². The van der Waals surface area contributed by atoms with Crippen molar-refractivity contribution in [3.8, 4) is 0 Å². The highest BCUT2D eigenvalue weighted by Crippen LogP contribution is 1.99. The van der Waals surface area contributed by atoms with Gasteiger partial charge >= 0.3 is 0 Å². The molecule has 31 heavy (non-hydrogen) atoms. The Kier molecular flexibility index (Phi) is 21.8. The monoisotopic (exact) mass is 450 g/mol. The van der Waals surface area contributed by atoms with Gasteiger partial charge in [0.15, 0.2) is 0 Å². The van der Waals surface area contributed by atoms with E-state index in [0.717, 1.165) is 0 Å². The summed E-state index contributed by atoms with van der Waals surface area (Å²) in [4.78, 5) is 34.5. The summed E-state index contributed by atoms with van der Waals surface area (Å²) in [6.45, 7) is 3.69. The number of carbonyl (C=O) groups excluding carboxylic acids is 3. The molecule has 182 valence electrons. The van der Waals surface area contributed by atoms with E-state index in [4.69, 9.17) is 28.4 Å². The smallest absolute Gasteiger partial charge is 0.246 e. The Morgan fingerprint density at radius 3 is 1.81 bits per heavy atom. The van der Waals surface area contributed by atoms with Crippen LogP contribution in [0, 0.1) is 0 Å². The topological polar surface area (TPSA) is 131 Å². The van der Waals surface area contributed by atoms with Crippen LogP contribution in [0.1, 0.15) is 19.3 Å². The first-order valence-corrected chi connectivity index (χ1v) is 10.4. The number of methoxy groups -OCH3 is 2. The van der Waals surface area contributed by atoms with Gasteiger partial charge < -0.3 is 43.8 Å². The maximum atomic E-state index is 11.8. The number of hydrogen-bond donors (Lipinski definition) is 2. The largest absolute Gasteiger partial charge is 0.382 e. The van der Waals surface area contributed by atoms with Gasteiger partial charge in [0.1, 0.15) is 19.5 Å². The molecule has 11 heteroatoms. The molecule has 0 aromatic rings. The third-order valence-corrected chi connectivity index (χ3v) is 3.85. The lowest BCUT2D eigenvalue weighted by Crippen LogP contribution is -2.38. The SMILES string of the molecule is COCCOCCOCC(=O)NCCCC[C@@H](C=O)NC(=O)COCCOCCOC. The molecule has 0 bridgehead atoms. The Balaban J connectivity index is 3.59. The third kappa shape index (κ3) is 21.4. The number of ether oxygens (including phenoxy) is 6. The van der Waals surface area contributed by atoms with Crippen molar-refractivity contribution < 1.29 is 42.8 Å². The van der Waals surface area contributed by atoms with E-state index in [1.165, 1.54) is 0 Å². The van der Waals surface area contributed by atoms with Crippen molar-refractivity contribution in [1.29, 1.82) is 0 Å². The molecule has 0 aliphatic rings. The summed E-state index contributed by atoms with van der Waals surface area (Å²) in [6.07, 6.45) is 2.54. The molecule has 2 amide bonds. The van der Waals surface area contributed by atoms with Crippen LogP contribution >= 0.6 is 0 Å². The fourth-order valence-electron chi connectivity index (χ4n) is 2.24. The Labute approximate surface area is 184 Å². The van der Waals surface area contributed by atoms with Crippen molar-refractivity contribution in [3.63, 3.8) is 0 Å². The summed E-state index contributed by atoms with van der Waals surface area (Å²) in [5.41, 5.74) is 0. The van der Waals surface area contributed by atoms with Crippen molar-refractivity contribution in [2.45, 2.75) is 25.3 Å². The average Bonchev–Trinajstić information content (AvgIpc) is 2.76. The zero-order chi connectivity index (χ0) is 23.0. The molecule has 0 rings (SSSR count). The Bertz CT molecular complexity index is 452. The van der Waals surface area contributed by atoms with E-state index in [9.17, 15) is 14.4 Å². The Morgan fingerprint density at radius 1 is 0.742 bits per heavy atom. The van der Waals surface area contributed by atoms with Crippen molar-refractivity contribution in [3.05, 3.63) is 0 Å². The number of rotatable bonds is 23. The maximum absolute atomic E-state index is 11.8. The standard InChI is InChI=1S/C20H38N2O9/c1-26-7-9-28-11-13-30-16-19(24)21-6-4-3-5-18(15-23)22-20(25)17-31-14-12-29-10-8-27-2/h15,18H,3-14,16-17H2,1-2H3,(H,21,24)(H,22,25)/t18-/m0/s1. The molecule has 0 aliphatic carbocycles. The zero-order valence-corrected chi connectivity index (χ0v) is 18.7. The summed E-state index contributed by atoms with van der Waals surface area (Å²) < 4.78 is 30.5. The molecule has 0 aromatic carbocycles. The van der Waals surface area contributed by atoms with Gasteiger partial charge in [0.25, 0.3) is 0 Å². The van der Waals surface area contributed by atoms with E-state index < -0.39 is 6.04 Å². The van der Waals surface area contributed by atoms with E-state index in [2.05, 4.69) is 10.6 Å². The number of nitrogens with one attached hydrogen (secondary N) is 2. The summed E-state index contributed by atoms with van der Waals surface area (Å²) in [6, 6.07) is -0.578. The van der Waals surface area contributed by atoms with Crippen LogP contribution in [-0.4, -0.2) is 111 Å². The minimum Gasteiger partial charge on any atom is -0.382 e. The van der Waals surface area contributed by atoms with Crippen LogP contribution in [0.5, 0.6) is 0 Å². The average molecular weight is 451 g/mol. The summed E-state index contributed by atoms with van der Waals surface area (Å²) in [7, 11) is 3.18. The van der Waals surface area contributed by atoms with Gasteiger partial charge in [-0.25, -0.2) is 0 Å². The first-order chi connectivity index (χ1) is 15.1. The lowest BCUT2D eigenvalue weighted by molar-refractivity contribution is -0.128. The molecule has 0 spiro atoms. The van der Waals surface area contributed by atoms with Gasteiger partial charge in [0.2, 0.25) is 11.8 Å². The minimum atomic E-state index is -0.578. The van der Waals surface area contributed by atoms with Gasteiger partial charge in [-0.2, -0.15) is 0 Å². The predicted molar refractivity (Wildman–Crippen MR) is 112 cm³/mol. The first kappa shape index (κ1) is 29.4.